The van der Waals surface area contributed by atoms with Crippen LogP contribution in [0.25, 0.3) is 0 Å². The summed E-state index contributed by atoms with van der Waals surface area (Å²) in [7, 11) is 0. The molecule has 0 radical (unpaired) electrons. The van der Waals surface area contributed by atoms with Crippen LogP contribution in [0.2, 0.25) is 0 Å². The summed E-state index contributed by atoms with van der Waals surface area (Å²) in [5.74, 6) is 8.71. The predicted octanol–water partition coefficient (Wildman–Crippen LogP) is 2.58. The largest absolute Gasteiger partial charge is 0.508 e. The van der Waals surface area contributed by atoms with E-state index in [1.807, 2.05) is 19.9 Å². The fourth-order valence-electron chi connectivity index (χ4n) is 3.82. The van der Waals surface area contributed by atoms with E-state index in [1.165, 1.54) is 0 Å². The number of terminal acetylenes is 1. The Balaban J connectivity index is 2.12. The Morgan fingerprint density at radius 3 is 2.87 bits per heavy atom. The number of benzene rings is 1. The Morgan fingerprint density at radius 2 is 2.22 bits per heavy atom. The minimum absolute atomic E-state index is 0.104. The molecule has 1 aliphatic carbocycles. The molecule has 0 aromatic heterocycles. The fourth-order valence-corrected chi connectivity index (χ4v) is 3.82. The zero-order valence-electron chi connectivity index (χ0n) is 13.2. The lowest BCUT2D eigenvalue weighted by atomic mass is 9.65. The van der Waals surface area contributed by atoms with E-state index in [4.69, 9.17) is 11.2 Å². The lowest BCUT2D eigenvalue weighted by Crippen LogP contribution is -2.42. The molecule has 1 N–H and O–H groups in total. The van der Waals surface area contributed by atoms with Crippen LogP contribution in [0.15, 0.2) is 30.4 Å². The predicted molar refractivity (Wildman–Crippen MR) is 87.4 cm³/mol. The third-order valence-electron chi connectivity index (χ3n) is 4.85. The van der Waals surface area contributed by atoms with Crippen molar-refractivity contribution in [1.82, 2.24) is 0 Å². The minimum Gasteiger partial charge on any atom is -0.508 e. The first-order chi connectivity index (χ1) is 11.0. The van der Waals surface area contributed by atoms with Gasteiger partial charge in [0.15, 0.2) is 11.9 Å². The number of carbonyl (C=O) groups excluding carboxylic acids is 1. The highest BCUT2D eigenvalue weighted by atomic mass is 16.6. The molecule has 1 saturated heterocycles. The number of ether oxygens (including phenoxy) is 1. The minimum atomic E-state index is -1.01. The molecule has 0 bridgehead atoms. The van der Waals surface area contributed by atoms with Crippen molar-refractivity contribution in [2.24, 2.45) is 11.8 Å². The summed E-state index contributed by atoms with van der Waals surface area (Å²) in [5.41, 5.74) is 0.0946. The summed E-state index contributed by atoms with van der Waals surface area (Å²) >= 11 is 0. The molecule has 1 heterocycles. The molecule has 1 aromatic rings. The van der Waals surface area contributed by atoms with Gasteiger partial charge in [0.1, 0.15) is 11.4 Å². The van der Waals surface area contributed by atoms with E-state index in [9.17, 15) is 9.90 Å². The SMILES string of the molecule is C#C/C=C\C#C[C@@H]1Cc2ccc(O)cc2[C@@]2(C=O)O[C@@]12C(C)C. The molecule has 1 fully saturated rings. The summed E-state index contributed by atoms with van der Waals surface area (Å²) in [6.07, 6.45) is 9.89. The van der Waals surface area contributed by atoms with Crippen molar-refractivity contribution in [2.75, 3.05) is 0 Å². The highest BCUT2D eigenvalue weighted by Gasteiger charge is 2.77. The molecule has 1 aliphatic heterocycles. The highest BCUT2D eigenvalue weighted by molar-refractivity contribution is 5.77. The maximum Gasteiger partial charge on any atom is 0.180 e. The number of rotatable bonds is 2. The van der Waals surface area contributed by atoms with Gasteiger partial charge >= 0.3 is 0 Å². The number of hydrogen-bond donors (Lipinski definition) is 1. The van der Waals surface area contributed by atoms with Gasteiger partial charge in [-0.15, -0.1) is 6.42 Å². The van der Waals surface area contributed by atoms with Crippen LogP contribution in [0.3, 0.4) is 0 Å². The number of aldehydes is 1. The molecule has 2 aliphatic rings. The van der Waals surface area contributed by atoms with Gasteiger partial charge in [0, 0.05) is 5.56 Å². The highest BCUT2D eigenvalue weighted by Crippen LogP contribution is 2.66. The standard InChI is InChI=1S/C20H18O3/c1-4-5-6-7-8-16-11-15-9-10-17(22)12-18(15)19(13-21)20(16,23-19)14(2)3/h1,5-6,9-10,12-14,16,22H,11H2,2-3H3/b6-5-/t16-,19-,20+/m1/s1. The molecule has 3 atom stereocenters. The van der Waals surface area contributed by atoms with Crippen LogP contribution in [0.1, 0.15) is 25.0 Å². The van der Waals surface area contributed by atoms with Crippen LogP contribution < -0.4 is 0 Å². The Bertz CT molecular complexity index is 787. The van der Waals surface area contributed by atoms with Crippen molar-refractivity contribution in [3.8, 4) is 29.9 Å². The number of phenols is 1. The van der Waals surface area contributed by atoms with E-state index < -0.39 is 11.2 Å². The summed E-state index contributed by atoms with van der Waals surface area (Å²) in [6.45, 7) is 4.07. The van der Waals surface area contributed by atoms with Crippen molar-refractivity contribution in [2.45, 2.75) is 31.5 Å². The summed E-state index contributed by atoms with van der Waals surface area (Å²) in [6, 6.07) is 5.11. The summed E-state index contributed by atoms with van der Waals surface area (Å²) in [4.78, 5) is 11.9. The third kappa shape index (κ3) is 2.01. The smallest absolute Gasteiger partial charge is 0.180 e. The Kier molecular flexibility index (Phi) is 3.55. The molecule has 0 saturated carbocycles. The van der Waals surface area contributed by atoms with Gasteiger partial charge in [-0.2, -0.15) is 0 Å². The van der Waals surface area contributed by atoms with Crippen LogP contribution in [0.4, 0.5) is 0 Å². The molecule has 23 heavy (non-hydrogen) atoms. The Hall–Kier alpha value is -2.49. The number of hydrogen-bond acceptors (Lipinski definition) is 3. The molecule has 116 valence electrons. The maximum absolute atomic E-state index is 11.9. The average molecular weight is 306 g/mol. The Morgan fingerprint density at radius 1 is 1.43 bits per heavy atom. The van der Waals surface area contributed by atoms with Crippen LogP contribution >= 0.6 is 0 Å². The molecule has 3 rings (SSSR count). The van der Waals surface area contributed by atoms with Crippen LogP contribution in [0, 0.1) is 36.0 Å². The third-order valence-corrected chi connectivity index (χ3v) is 4.85. The molecule has 0 unspecified atom stereocenters. The van der Waals surface area contributed by atoms with Crippen molar-refractivity contribution >= 4 is 6.29 Å². The molecule has 3 heteroatoms. The molecule has 0 spiro atoms. The van der Waals surface area contributed by atoms with E-state index in [-0.39, 0.29) is 17.6 Å². The van der Waals surface area contributed by atoms with E-state index in [0.717, 1.165) is 17.4 Å². The van der Waals surface area contributed by atoms with E-state index in [2.05, 4.69) is 17.8 Å². The van der Waals surface area contributed by atoms with Gasteiger partial charge in [-0.1, -0.05) is 37.7 Å². The number of allylic oxidation sites excluding steroid dienone is 2. The molecular formula is C20H18O3. The van der Waals surface area contributed by atoms with Gasteiger partial charge < -0.3 is 9.84 Å². The number of aromatic hydroxyl groups is 1. The monoisotopic (exact) mass is 306 g/mol. The molecule has 3 nitrogen and oxygen atoms in total. The van der Waals surface area contributed by atoms with Crippen LogP contribution in [0.5, 0.6) is 5.75 Å². The summed E-state index contributed by atoms with van der Waals surface area (Å²) < 4.78 is 6.07. The van der Waals surface area contributed by atoms with E-state index in [1.54, 1.807) is 24.3 Å². The van der Waals surface area contributed by atoms with Gasteiger partial charge in [0.05, 0.1) is 5.92 Å². The quantitative estimate of drug-likeness (QED) is 0.519. The van der Waals surface area contributed by atoms with Crippen molar-refractivity contribution in [3.63, 3.8) is 0 Å². The van der Waals surface area contributed by atoms with Crippen molar-refractivity contribution in [1.29, 1.82) is 0 Å². The first-order valence-electron chi connectivity index (χ1n) is 7.63. The topological polar surface area (TPSA) is 49.8 Å². The van der Waals surface area contributed by atoms with Crippen molar-refractivity contribution < 1.29 is 14.6 Å². The van der Waals surface area contributed by atoms with Gasteiger partial charge in [-0.3, -0.25) is 4.79 Å². The summed E-state index contributed by atoms with van der Waals surface area (Å²) in [5, 5.41) is 9.80. The van der Waals surface area contributed by atoms with Crippen LogP contribution in [-0.4, -0.2) is 17.0 Å². The first kappa shape index (κ1) is 15.4. The second kappa shape index (κ2) is 5.30. The number of epoxide rings is 1. The van der Waals surface area contributed by atoms with Crippen molar-refractivity contribution in [3.05, 3.63) is 41.5 Å². The van der Waals surface area contributed by atoms with Crippen LogP contribution in [-0.2, 0) is 21.6 Å². The van der Waals surface area contributed by atoms with Gasteiger partial charge in [-0.25, -0.2) is 0 Å². The maximum atomic E-state index is 11.9. The molecule has 0 amide bonds. The van der Waals surface area contributed by atoms with Gasteiger partial charge in [0.25, 0.3) is 0 Å². The number of carbonyl (C=O) groups is 1. The van der Waals surface area contributed by atoms with E-state index in [0.29, 0.717) is 6.42 Å². The lowest BCUT2D eigenvalue weighted by Gasteiger charge is -2.32. The Labute approximate surface area is 136 Å². The fraction of sp³-hybridized carbons (Fsp3) is 0.350. The average Bonchev–Trinajstić information content (AvgIpc) is 3.25. The second-order valence-corrected chi connectivity index (χ2v) is 6.29. The van der Waals surface area contributed by atoms with E-state index >= 15 is 0 Å². The molecule has 1 aromatic carbocycles. The lowest BCUT2D eigenvalue weighted by molar-refractivity contribution is -0.112. The van der Waals surface area contributed by atoms with Gasteiger partial charge in [0.2, 0.25) is 0 Å². The number of phenolic OH excluding ortho intramolecular Hbond substituents is 1. The normalized spacial score (nSPS) is 30.8. The van der Waals surface area contributed by atoms with Gasteiger partial charge in [-0.05, 0) is 42.2 Å². The second-order valence-electron chi connectivity index (χ2n) is 6.29. The first-order valence-corrected chi connectivity index (χ1v) is 7.63. The zero-order chi connectivity index (χ0) is 16.7. The zero-order valence-corrected chi connectivity index (χ0v) is 13.2. The number of fused-ring (bicyclic) bond motifs is 3. The molecular weight excluding hydrogens is 288 g/mol.